The molecule has 0 radical (unpaired) electrons. The first kappa shape index (κ1) is 44.8. The Morgan fingerprint density at radius 2 is 1.53 bits per heavy atom. The quantitative estimate of drug-likeness (QED) is 0.0301. The Labute approximate surface area is 337 Å². The molecule has 0 aliphatic carbocycles. The number of phenols is 1. The monoisotopic (exact) mass is 810 g/mol. The van der Waals surface area contributed by atoms with Crippen LogP contribution in [0.4, 0.5) is 16.2 Å². The molecule has 2 aliphatic rings. The number of nitrogens with zero attached hydrogens (tertiary/aromatic N) is 2. The fourth-order valence-corrected chi connectivity index (χ4v) is 7.69. The van der Waals surface area contributed by atoms with Gasteiger partial charge in [0.1, 0.15) is 23.7 Å². The maximum atomic E-state index is 12.1. The van der Waals surface area contributed by atoms with E-state index in [9.17, 15) is 29.4 Å². The number of benzene rings is 2. The van der Waals surface area contributed by atoms with Crippen LogP contribution in [0.3, 0.4) is 0 Å². The second-order valence-electron chi connectivity index (χ2n) is 13.4. The molecule has 0 saturated carbocycles. The van der Waals surface area contributed by atoms with Crippen molar-refractivity contribution in [2.75, 3.05) is 65.1 Å². The highest BCUT2D eigenvalue weighted by Crippen LogP contribution is 2.34. The molecule has 2 heterocycles. The molecule has 2 fully saturated rings. The molecule has 2 aliphatic heterocycles. The van der Waals surface area contributed by atoms with Gasteiger partial charge in [-0.1, -0.05) is 12.5 Å². The molecule has 2 unspecified atom stereocenters. The van der Waals surface area contributed by atoms with Crippen LogP contribution >= 0.6 is 11.8 Å². The van der Waals surface area contributed by atoms with Crippen molar-refractivity contribution >= 4 is 47.0 Å². The predicted octanol–water partition coefficient (Wildman–Crippen LogP) is 4.63. The second-order valence-corrected chi connectivity index (χ2v) is 14.7. The molecule has 310 valence electrons. The number of fused-ring (bicyclic) bond motifs is 1. The van der Waals surface area contributed by atoms with Crippen LogP contribution in [0.5, 0.6) is 11.5 Å². The van der Waals surface area contributed by atoms with E-state index in [1.807, 2.05) is 11.8 Å². The number of carboxylic acid groups (broad SMARTS) is 1. The van der Waals surface area contributed by atoms with Gasteiger partial charge in [0.2, 0.25) is 11.8 Å². The normalized spacial score (nSPS) is 17.1. The molecule has 2 aromatic rings. The number of amides is 4. The van der Waals surface area contributed by atoms with E-state index in [4.69, 9.17) is 25.4 Å². The minimum atomic E-state index is -1.15. The Bertz CT molecular complexity index is 1690. The van der Waals surface area contributed by atoms with Gasteiger partial charge in [-0.2, -0.15) is 11.8 Å². The van der Waals surface area contributed by atoms with Crippen LogP contribution in [0.15, 0.2) is 46.6 Å². The van der Waals surface area contributed by atoms with Gasteiger partial charge < -0.3 is 50.4 Å². The van der Waals surface area contributed by atoms with Crippen molar-refractivity contribution in [3.05, 3.63) is 47.5 Å². The van der Waals surface area contributed by atoms with Crippen molar-refractivity contribution in [2.24, 2.45) is 10.2 Å². The van der Waals surface area contributed by atoms with Crippen LogP contribution in [-0.4, -0.2) is 116 Å². The number of carboxylic acids is 1. The molecule has 3 atom stereocenters. The summed E-state index contributed by atoms with van der Waals surface area (Å²) in [6, 6.07) is 9.56. The van der Waals surface area contributed by atoms with Crippen LogP contribution < -0.4 is 26.0 Å². The van der Waals surface area contributed by atoms with E-state index in [2.05, 4.69) is 37.4 Å². The number of thioether (sulfide) groups is 1. The Hall–Kier alpha value is -4.89. The third kappa shape index (κ3) is 16.6. The van der Waals surface area contributed by atoms with Gasteiger partial charge in [0.15, 0.2) is 5.75 Å². The number of hydrogen-bond acceptors (Lipinski definition) is 12. The summed E-state index contributed by atoms with van der Waals surface area (Å²) in [5.74, 6) is 2.45. The number of terminal acetylenes is 1. The minimum absolute atomic E-state index is 0.00483. The van der Waals surface area contributed by atoms with Crippen LogP contribution in [0.2, 0.25) is 0 Å². The van der Waals surface area contributed by atoms with Crippen molar-refractivity contribution in [2.45, 2.75) is 75.1 Å². The summed E-state index contributed by atoms with van der Waals surface area (Å²) in [7, 11) is 0. The number of rotatable bonds is 28. The summed E-state index contributed by atoms with van der Waals surface area (Å²) in [6.45, 7) is 3.12. The number of ether oxygens (including phenoxy) is 4. The molecule has 0 bridgehead atoms. The smallest absolute Gasteiger partial charge is 0.337 e. The summed E-state index contributed by atoms with van der Waals surface area (Å²) in [5.41, 5.74) is 1.22. The van der Waals surface area contributed by atoms with E-state index >= 15 is 0 Å². The number of urea groups is 1. The highest BCUT2D eigenvalue weighted by atomic mass is 32.2. The van der Waals surface area contributed by atoms with Gasteiger partial charge in [-0.25, -0.2) is 9.59 Å². The first-order valence-electron chi connectivity index (χ1n) is 19.4. The zero-order valence-electron chi connectivity index (χ0n) is 32.2. The molecule has 17 heteroatoms. The lowest BCUT2D eigenvalue weighted by Gasteiger charge is -2.16. The molecule has 4 amide bonds. The Kier molecular flexibility index (Phi) is 20.0. The molecular weight excluding hydrogens is 757 g/mol. The summed E-state index contributed by atoms with van der Waals surface area (Å²) in [4.78, 5) is 47.5. The van der Waals surface area contributed by atoms with Crippen molar-refractivity contribution in [1.82, 2.24) is 21.3 Å². The largest absolute Gasteiger partial charge is 0.508 e. The molecule has 2 saturated heterocycles. The molecule has 0 spiro atoms. The molecule has 6 N–H and O–H groups in total. The van der Waals surface area contributed by atoms with E-state index in [1.165, 1.54) is 18.2 Å². The number of azo groups is 1. The van der Waals surface area contributed by atoms with Gasteiger partial charge in [0.05, 0.1) is 57.3 Å². The number of carbonyl (C=O) groups excluding carboxylic acids is 3. The number of carbonyl (C=O) groups is 4. The van der Waals surface area contributed by atoms with Crippen molar-refractivity contribution in [3.8, 4) is 23.8 Å². The maximum Gasteiger partial charge on any atom is 0.337 e. The lowest BCUT2D eigenvalue weighted by Crippen LogP contribution is -2.36. The second kappa shape index (κ2) is 25.4. The van der Waals surface area contributed by atoms with E-state index in [0.717, 1.165) is 30.6 Å². The molecule has 0 aromatic heterocycles. The van der Waals surface area contributed by atoms with Crippen LogP contribution in [-0.2, 0) is 30.2 Å². The van der Waals surface area contributed by atoms with Gasteiger partial charge >= 0.3 is 12.0 Å². The number of nitrogens with one attached hydrogen (secondary N) is 4. The summed E-state index contributed by atoms with van der Waals surface area (Å²) < 4.78 is 22.4. The van der Waals surface area contributed by atoms with Crippen molar-refractivity contribution < 1.29 is 48.3 Å². The molecular formula is C40H54N6O10S. The Morgan fingerprint density at radius 1 is 0.842 bits per heavy atom. The third-order valence-electron chi connectivity index (χ3n) is 9.07. The fraction of sp³-hybridized carbons (Fsp3) is 0.550. The van der Waals surface area contributed by atoms with Crippen LogP contribution in [0.25, 0.3) is 0 Å². The van der Waals surface area contributed by atoms with E-state index in [1.54, 1.807) is 18.2 Å². The van der Waals surface area contributed by atoms with Gasteiger partial charge in [-0.05, 0) is 61.9 Å². The summed E-state index contributed by atoms with van der Waals surface area (Å²) >= 11 is 1.88. The Balaban J connectivity index is 1.03. The number of aromatic hydroxyl groups is 1. The third-order valence-corrected chi connectivity index (χ3v) is 10.6. The number of aromatic carboxylic acids is 1. The van der Waals surface area contributed by atoms with E-state index < -0.39 is 5.97 Å². The number of phenolic OH excluding ortho intramolecular Hbond substituents is 1. The lowest BCUT2D eigenvalue weighted by molar-refractivity contribution is -0.122. The Morgan fingerprint density at radius 3 is 2.28 bits per heavy atom. The summed E-state index contributed by atoms with van der Waals surface area (Å²) in [5, 5.41) is 40.2. The average Bonchev–Trinajstić information content (AvgIpc) is 3.75. The van der Waals surface area contributed by atoms with Crippen LogP contribution in [0, 0.1) is 12.3 Å². The molecule has 16 nitrogen and oxygen atoms in total. The number of aryl methyl sites for hydroxylation is 1. The van der Waals surface area contributed by atoms with Crippen molar-refractivity contribution in [3.63, 3.8) is 0 Å². The maximum absolute atomic E-state index is 12.1. The predicted molar refractivity (Wildman–Crippen MR) is 215 cm³/mol. The zero-order valence-corrected chi connectivity index (χ0v) is 33.0. The molecule has 2 aromatic carbocycles. The number of unbranched alkanes of at least 4 members (excludes halogenated alkanes) is 2. The molecule has 4 rings (SSSR count). The molecule has 57 heavy (non-hydrogen) atoms. The van der Waals surface area contributed by atoms with E-state index in [0.29, 0.717) is 95.6 Å². The zero-order chi connectivity index (χ0) is 40.7. The first-order chi connectivity index (χ1) is 27.7. The van der Waals surface area contributed by atoms with Gasteiger partial charge in [-0.3, -0.25) is 9.59 Å². The van der Waals surface area contributed by atoms with Crippen molar-refractivity contribution in [1.29, 1.82) is 0 Å². The topological polar surface area (TPSA) is 218 Å². The lowest BCUT2D eigenvalue weighted by atomic mass is 10.0. The standard InChI is InChI=1S/C40H54N6O10S/c1-2-3-4-10-36(48)41-16-7-8-28-12-14-31(30(25-28)39(50)51)45-46-32-15-13-29(47)26-34(32)56-24-23-55-22-21-54-20-19-53-18-17-42-37(49)11-6-5-9-35-38-33(27-57-35)43-40(52)44-38/h1,12-15,25-26,33,35,38,47H,3-11,16-24,27H2,(H,41,48)(H,42,49)(H,50,51)(H2,43,44,52)/t33?,35-,38?/m0/s1. The first-order valence-corrected chi connectivity index (χ1v) is 20.4. The van der Waals surface area contributed by atoms with Gasteiger partial charge in [0.25, 0.3) is 0 Å². The SMILES string of the molecule is C#CCCCC(=O)NCCCc1ccc(N=Nc2ccc(O)cc2OCCOCCOCCOCCNC(=O)CCCC[C@@H]2SCC3NC(=O)NC32)c(C(=O)O)c1. The number of hydrogen-bond donors (Lipinski definition) is 6. The van der Waals surface area contributed by atoms with Gasteiger partial charge in [0, 0.05) is 49.4 Å². The minimum Gasteiger partial charge on any atom is -0.508 e. The fourth-order valence-electron chi connectivity index (χ4n) is 6.14. The van der Waals surface area contributed by atoms with E-state index in [-0.39, 0.29) is 65.9 Å². The average molecular weight is 811 g/mol. The highest BCUT2D eigenvalue weighted by Gasteiger charge is 2.42. The highest BCUT2D eigenvalue weighted by molar-refractivity contribution is 8.00. The van der Waals surface area contributed by atoms with Gasteiger partial charge in [-0.15, -0.1) is 22.6 Å². The van der Waals surface area contributed by atoms with Crippen LogP contribution in [0.1, 0.15) is 67.3 Å². The summed E-state index contributed by atoms with van der Waals surface area (Å²) in [6.07, 6.45) is 11.2.